The minimum absolute atomic E-state index is 0.231. The Morgan fingerprint density at radius 3 is 3.00 bits per heavy atom. The third-order valence-electron chi connectivity index (χ3n) is 1.56. The number of halogens is 2. The highest BCUT2D eigenvalue weighted by Crippen LogP contribution is 2.22. The zero-order valence-corrected chi connectivity index (χ0v) is 9.56. The molecule has 0 saturated heterocycles. The van der Waals surface area contributed by atoms with Crippen molar-refractivity contribution in [2.75, 3.05) is 11.9 Å². The molecule has 3 nitrogen and oxygen atoms in total. The summed E-state index contributed by atoms with van der Waals surface area (Å²) in [5.74, 6) is 0. The number of hydrogen-bond acceptors (Lipinski definition) is 3. The molecule has 1 heterocycles. The Morgan fingerprint density at radius 1 is 1.77 bits per heavy atom. The van der Waals surface area contributed by atoms with Gasteiger partial charge >= 0.3 is 0 Å². The van der Waals surface area contributed by atoms with Crippen LogP contribution in [-0.2, 0) is 0 Å². The Labute approximate surface area is 90.8 Å². The first-order valence-corrected chi connectivity index (χ1v) is 5.08. The molecular weight excluding hydrogens is 253 g/mol. The second-order valence-electron chi connectivity index (χ2n) is 2.78. The van der Waals surface area contributed by atoms with Crippen molar-refractivity contribution in [3.63, 3.8) is 0 Å². The van der Waals surface area contributed by atoms with Crippen molar-refractivity contribution in [1.29, 1.82) is 0 Å². The molecule has 0 fully saturated rings. The quantitative estimate of drug-likeness (QED) is 0.824. The molecule has 1 atom stereocenters. The minimum Gasteiger partial charge on any atom is -0.380 e. The molecule has 0 aliphatic heterocycles. The summed E-state index contributed by atoms with van der Waals surface area (Å²) < 4.78 is 0.781. The van der Waals surface area contributed by atoms with E-state index in [1.54, 1.807) is 6.20 Å². The van der Waals surface area contributed by atoms with Gasteiger partial charge in [-0.1, -0.05) is 11.6 Å². The van der Waals surface area contributed by atoms with E-state index in [-0.39, 0.29) is 6.04 Å². The number of pyridine rings is 1. The predicted molar refractivity (Wildman–Crippen MR) is 59.1 cm³/mol. The zero-order chi connectivity index (χ0) is 9.84. The van der Waals surface area contributed by atoms with Crippen LogP contribution >= 0.6 is 27.5 Å². The fourth-order valence-corrected chi connectivity index (χ4v) is 1.30. The number of rotatable bonds is 3. The minimum atomic E-state index is 0.231. The number of aromatic nitrogens is 1. The SMILES string of the molecule is CC(CN)Nc1cnc(Cl)c(Br)c1. The lowest BCUT2D eigenvalue weighted by Gasteiger charge is -2.12. The Morgan fingerprint density at radius 2 is 2.46 bits per heavy atom. The monoisotopic (exact) mass is 263 g/mol. The average molecular weight is 265 g/mol. The number of anilines is 1. The maximum atomic E-state index is 5.74. The van der Waals surface area contributed by atoms with E-state index in [9.17, 15) is 0 Å². The molecule has 0 radical (unpaired) electrons. The third kappa shape index (κ3) is 3.14. The van der Waals surface area contributed by atoms with Crippen molar-refractivity contribution >= 4 is 33.2 Å². The molecule has 1 aromatic heterocycles. The smallest absolute Gasteiger partial charge is 0.143 e. The van der Waals surface area contributed by atoms with Crippen molar-refractivity contribution in [2.45, 2.75) is 13.0 Å². The van der Waals surface area contributed by atoms with Gasteiger partial charge in [-0.2, -0.15) is 0 Å². The van der Waals surface area contributed by atoms with Crippen molar-refractivity contribution in [2.24, 2.45) is 5.73 Å². The molecule has 1 aromatic rings. The average Bonchev–Trinajstić information content (AvgIpc) is 2.11. The summed E-state index contributed by atoms with van der Waals surface area (Å²) in [5.41, 5.74) is 6.38. The standard InChI is InChI=1S/C8H11BrClN3/c1-5(3-11)13-6-2-7(9)8(10)12-4-6/h2,4-5,13H,3,11H2,1H3. The zero-order valence-electron chi connectivity index (χ0n) is 7.22. The van der Waals surface area contributed by atoms with Gasteiger partial charge < -0.3 is 11.1 Å². The van der Waals surface area contributed by atoms with E-state index in [4.69, 9.17) is 17.3 Å². The summed E-state index contributed by atoms with van der Waals surface area (Å²) >= 11 is 9.03. The molecule has 0 aliphatic carbocycles. The van der Waals surface area contributed by atoms with Gasteiger partial charge in [0, 0.05) is 12.6 Å². The molecular formula is C8H11BrClN3. The van der Waals surface area contributed by atoms with Crippen LogP contribution in [0.1, 0.15) is 6.92 Å². The van der Waals surface area contributed by atoms with Crippen LogP contribution in [0.25, 0.3) is 0 Å². The summed E-state index contributed by atoms with van der Waals surface area (Å²) in [7, 11) is 0. The van der Waals surface area contributed by atoms with Crippen LogP contribution < -0.4 is 11.1 Å². The van der Waals surface area contributed by atoms with Gasteiger partial charge in [0.1, 0.15) is 5.15 Å². The van der Waals surface area contributed by atoms with Gasteiger partial charge in [0.2, 0.25) is 0 Å². The van der Waals surface area contributed by atoms with Gasteiger partial charge in [0.05, 0.1) is 16.4 Å². The lowest BCUT2D eigenvalue weighted by atomic mass is 10.3. The van der Waals surface area contributed by atoms with Crippen molar-refractivity contribution in [1.82, 2.24) is 4.98 Å². The van der Waals surface area contributed by atoms with Gasteiger partial charge in [-0.25, -0.2) is 4.98 Å². The van der Waals surface area contributed by atoms with E-state index in [2.05, 4.69) is 26.2 Å². The van der Waals surface area contributed by atoms with Crippen LogP contribution in [0.5, 0.6) is 0 Å². The molecule has 1 unspecified atom stereocenters. The Kier molecular flexibility index (Phi) is 3.96. The maximum absolute atomic E-state index is 5.74. The molecule has 0 aromatic carbocycles. The number of nitrogens with one attached hydrogen (secondary N) is 1. The number of nitrogens with two attached hydrogens (primary N) is 1. The largest absolute Gasteiger partial charge is 0.380 e. The van der Waals surface area contributed by atoms with Crippen molar-refractivity contribution < 1.29 is 0 Å². The molecule has 5 heteroatoms. The van der Waals surface area contributed by atoms with Crippen molar-refractivity contribution in [3.05, 3.63) is 21.9 Å². The Bertz CT molecular complexity index is 293. The summed E-state index contributed by atoms with van der Waals surface area (Å²) in [6, 6.07) is 2.11. The number of nitrogens with zero attached hydrogens (tertiary/aromatic N) is 1. The van der Waals surface area contributed by atoms with E-state index in [1.807, 2.05) is 13.0 Å². The molecule has 13 heavy (non-hydrogen) atoms. The second-order valence-corrected chi connectivity index (χ2v) is 3.99. The van der Waals surface area contributed by atoms with Crippen LogP contribution in [0.3, 0.4) is 0 Å². The molecule has 0 bridgehead atoms. The summed E-state index contributed by atoms with van der Waals surface area (Å²) in [5, 5.41) is 3.65. The van der Waals surface area contributed by atoms with Crippen LogP contribution in [0, 0.1) is 0 Å². The molecule has 0 aliphatic rings. The van der Waals surface area contributed by atoms with Crippen molar-refractivity contribution in [3.8, 4) is 0 Å². The van der Waals surface area contributed by atoms with Gasteiger partial charge in [-0.05, 0) is 28.9 Å². The summed E-state index contributed by atoms with van der Waals surface area (Å²) in [4.78, 5) is 3.98. The van der Waals surface area contributed by atoms with Gasteiger partial charge in [0.25, 0.3) is 0 Å². The van der Waals surface area contributed by atoms with Gasteiger partial charge in [-0.3, -0.25) is 0 Å². The fourth-order valence-electron chi connectivity index (χ4n) is 0.844. The van der Waals surface area contributed by atoms with Gasteiger partial charge in [-0.15, -0.1) is 0 Å². The third-order valence-corrected chi connectivity index (χ3v) is 2.70. The van der Waals surface area contributed by atoms with E-state index in [0.717, 1.165) is 10.2 Å². The first kappa shape index (κ1) is 10.8. The fraction of sp³-hybridized carbons (Fsp3) is 0.375. The maximum Gasteiger partial charge on any atom is 0.143 e. The molecule has 0 amide bonds. The highest BCUT2D eigenvalue weighted by molar-refractivity contribution is 9.10. The normalized spacial score (nSPS) is 12.6. The Hall–Kier alpha value is -0.320. The Balaban J connectivity index is 2.73. The van der Waals surface area contributed by atoms with E-state index >= 15 is 0 Å². The predicted octanol–water partition coefficient (Wildman–Crippen LogP) is 2.26. The summed E-state index contributed by atoms with van der Waals surface area (Å²) in [6.45, 7) is 2.59. The molecule has 0 spiro atoms. The van der Waals surface area contributed by atoms with E-state index < -0.39 is 0 Å². The van der Waals surface area contributed by atoms with Crippen LogP contribution in [0.15, 0.2) is 16.7 Å². The topological polar surface area (TPSA) is 50.9 Å². The first-order valence-electron chi connectivity index (χ1n) is 3.91. The first-order chi connectivity index (χ1) is 6.13. The van der Waals surface area contributed by atoms with Gasteiger partial charge in [0.15, 0.2) is 0 Å². The lowest BCUT2D eigenvalue weighted by molar-refractivity contribution is 0.803. The molecule has 3 N–H and O–H groups in total. The van der Waals surface area contributed by atoms with Crippen LogP contribution in [-0.4, -0.2) is 17.6 Å². The highest BCUT2D eigenvalue weighted by atomic mass is 79.9. The molecule has 0 saturated carbocycles. The van der Waals surface area contributed by atoms with Crippen LogP contribution in [0.2, 0.25) is 5.15 Å². The molecule has 72 valence electrons. The summed E-state index contributed by atoms with van der Waals surface area (Å²) in [6.07, 6.45) is 1.68. The molecule has 1 rings (SSSR count). The van der Waals surface area contributed by atoms with E-state index in [0.29, 0.717) is 11.7 Å². The van der Waals surface area contributed by atoms with E-state index in [1.165, 1.54) is 0 Å². The number of hydrogen-bond donors (Lipinski definition) is 2. The van der Waals surface area contributed by atoms with Crippen LogP contribution in [0.4, 0.5) is 5.69 Å². The second kappa shape index (κ2) is 4.79. The lowest BCUT2D eigenvalue weighted by Crippen LogP contribution is -2.25. The highest BCUT2D eigenvalue weighted by Gasteiger charge is 2.02.